The number of hydrogen-bond acceptors (Lipinski definition) is 7. The highest BCUT2D eigenvalue weighted by Gasteiger charge is 2.50. The number of amides is 2. The largest absolute Gasteiger partial charge is 0.350 e. The highest BCUT2D eigenvalue weighted by Crippen LogP contribution is 2.44. The topological polar surface area (TPSA) is 102 Å². The zero-order chi connectivity index (χ0) is 24.2. The first-order valence-corrected chi connectivity index (χ1v) is 14.5. The summed E-state index contributed by atoms with van der Waals surface area (Å²) in [6.45, 7) is 0.841. The van der Waals surface area contributed by atoms with Crippen molar-refractivity contribution >= 4 is 48.9 Å². The van der Waals surface area contributed by atoms with Crippen LogP contribution in [0.2, 0.25) is 0 Å². The van der Waals surface area contributed by atoms with E-state index in [1.54, 1.807) is 41.3 Å². The molecule has 1 unspecified atom stereocenters. The highest BCUT2D eigenvalue weighted by molar-refractivity contribution is 9.11. The summed E-state index contributed by atoms with van der Waals surface area (Å²) in [5.41, 5.74) is 2.91. The van der Waals surface area contributed by atoms with E-state index in [4.69, 9.17) is 9.57 Å². The Morgan fingerprint density at radius 2 is 1.97 bits per heavy atom. The van der Waals surface area contributed by atoms with Gasteiger partial charge in [0.1, 0.15) is 4.75 Å². The number of nitrogens with zero attached hydrogens (tertiary/aromatic N) is 1. The van der Waals surface area contributed by atoms with E-state index in [2.05, 4.69) is 21.4 Å². The molecule has 3 heterocycles. The molecule has 1 aromatic heterocycles. The summed E-state index contributed by atoms with van der Waals surface area (Å²) in [5.74, 6) is -0.993. The van der Waals surface area contributed by atoms with Gasteiger partial charge in [0.25, 0.3) is 5.91 Å². The van der Waals surface area contributed by atoms with Gasteiger partial charge in [0.2, 0.25) is 5.91 Å². The van der Waals surface area contributed by atoms with Crippen molar-refractivity contribution in [2.24, 2.45) is 0 Å². The van der Waals surface area contributed by atoms with Gasteiger partial charge in [0, 0.05) is 36.6 Å². The monoisotopic (exact) mass is 570 g/mol. The van der Waals surface area contributed by atoms with E-state index in [9.17, 15) is 18.0 Å². The number of halogens is 1. The number of hydroxylamine groups is 1. The maximum Gasteiger partial charge on any atom is 0.253 e. The zero-order valence-electron chi connectivity index (χ0n) is 18.6. The molecule has 8 nitrogen and oxygen atoms in total. The van der Waals surface area contributed by atoms with Crippen LogP contribution in [0, 0.1) is 0 Å². The van der Waals surface area contributed by atoms with Crippen molar-refractivity contribution in [3.8, 4) is 0 Å². The number of carbonyl (C=O) groups excluding carboxylic acids is 2. The summed E-state index contributed by atoms with van der Waals surface area (Å²) in [4.78, 5) is 33.5. The lowest BCUT2D eigenvalue weighted by Crippen LogP contribution is -2.43. The van der Waals surface area contributed by atoms with Gasteiger partial charge in [-0.05, 0) is 59.5 Å². The molecule has 2 aliphatic rings. The van der Waals surface area contributed by atoms with Gasteiger partial charge < -0.3 is 9.64 Å². The number of sulfone groups is 1. The molecular weight excluding hydrogens is 544 g/mol. The molecule has 2 amide bonds. The Hall–Kier alpha value is -1.79. The minimum atomic E-state index is -3.80. The fraction of sp³-hybridized carbons (Fsp3) is 0.478. The second-order valence-electron chi connectivity index (χ2n) is 8.44. The zero-order valence-corrected chi connectivity index (χ0v) is 21.8. The van der Waals surface area contributed by atoms with Crippen molar-refractivity contribution in [2.45, 2.75) is 43.1 Å². The van der Waals surface area contributed by atoms with Gasteiger partial charge >= 0.3 is 0 Å². The summed E-state index contributed by atoms with van der Waals surface area (Å²) in [6, 6.07) is 12.3. The van der Waals surface area contributed by atoms with E-state index in [1.807, 2.05) is 6.07 Å². The van der Waals surface area contributed by atoms with E-state index < -0.39 is 26.8 Å². The minimum absolute atomic E-state index is 0.0678. The summed E-state index contributed by atoms with van der Waals surface area (Å²) in [5, 5.41) is 0. The Balaban J connectivity index is 1.57. The van der Waals surface area contributed by atoms with Gasteiger partial charge in [-0.3, -0.25) is 9.59 Å². The van der Waals surface area contributed by atoms with Gasteiger partial charge in [-0.2, -0.15) is 0 Å². The van der Waals surface area contributed by atoms with Crippen LogP contribution < -0.4 is 5.48 Å². The molecule has 2 aliphatic heterocycles. The van der Waals surface area contributed by atoms with Crippen LogP contribution in [0.1, 0.15) is 47.3 Å². The quantitative estimate of drug-likeness (QED) is 0.532. The Kier molecular flexibility index (Phi) is 8.08. The van der Waals surface area contributed by atoms with Crippen LogP contribution in [0.4, 0.5) is 0 Å². The highest BCUT2D eigenvalue weighted by atomic mass is 79.9. The smallest absolute Gasteiger partial charge is 0.253 e. The molecule has 2 atom stereocenters. The van der Waals surface area contributed by atoms with E-state index in [0.29, 0.717) is 23.5 Å². The molecule has 1 aromatic carbocycles. The molecule has 11 heteroatoms. The Labute approximate surface area is 211 Å². The third kappa shape index (κ3) is 5.54. The number of ether oxygens (including phenoxy) is 1. The standard InChI is InChI=1S/C23H27BrN2O6S2/c24-19-10-9-18(33-19)23(16-20(27)25-32-21-8-4-5-14-31-21)11-12-26(13-15-34(23,29)30)22(28)17-6-2-1-3-7-17/h1-3,6-7,9-10,21H,4-5,8,11-16H2,(H,25,27)/t21?,23-/m0/s1. The first-order chi connectivity index (χ1) is 16.3. The molecule has 0 bridgehead atoms. The summed E-state index contributed by atoms with van der Waals surface area (Å²) in [7, 11) is -3.80. The van der Waals surface area contributed by atoms with Crippen molar-refractivity contribution in [1.82, 2.24) is 10.4 Å². The molecule has 4 rings (SSSR count). The van der Waals surface area contributed by atoms with Crippen LogP contribution >= 0.6 is 27.3 Å². The number of hydrogen-bond donors (Lipinski definition) is 1. The Morgan fingerprint density at radius 1 is 1.18 bits per heavy atom. The molecule has 2 aromatic rings. The summed E-state index contributed by atoms with van der Waals surface area (Å²) >= 11 is 4.70. The van der Waals surface area contributed by atoms with E-state index in [0.717, 1.165) is 16.6 Å². The predicted molar refractivity (Wildman–Crippen MR) is 132 cm³/mol. The van der Waals surface area contributed by atoms with Gasteiger partial charge in [-0.15, -0.1) is 11.3 Å². The first-order valence-electron chi connectivity index (χ1n) is 11.2. The lowest BCUT2D eigenvalue weighted by Gasteiger charge is -2.31. The summed E-state index contributed by atoms with van der Waals surface area (Å²) < 4.78 is 32.2. The number of carbonyl (C=O) groups is 2. The second-order valence-corrected chi connectivity index (χ2v) is 13.3. The van der Waals surface area contributed by atoms with Crippen molar-refractivity contribution in [3.05, 3.63) is 56.7 Å². The molecule has 0 aliphatic carbocycles. The number of nitrogens with one attached hydrogen (secondary N) is 1. The van der Waals surface area contributed by atoms with Gasteiger partial charge in [-0.25, -0.2) is 18.7 Å². The van der Waals surface area contributed by atoms with Crippen LogP contribution in [0.3, 0.4) is 0 Å². The number of rotatable bonds is 6. The lowest BCUT2D eigenvalue weighted by molar-refractivity contribution is -0.200. The average Bonchev–Trinajstić information content (AvgIpc) is 3.23. The minimum Gasteiger partial charge on any atom is -0.350 e. The van der Waals surface area contributed by atoms with Crippen molar-refractivity contribution in [2.75, 3.05) is 25.4 Å². The fourth-order valence-electron chi connectivity index (χ4n) is 4.33. The lowest BCUT2D eigenvalue weighted by atomic mass is 9.97. The number of thiophene rings is 1. The van der Waals surface area contributed by atoms with Crippen molar-refractivity contribution in [3.63, 3.8) is 0 Å². The van der Waals surface area contributed by atoms with E-state index in [1.165, 1.54) is 11.3 Å². The van der Waals surface area contributed by atoms with E-state index in [-0.39, 0.29) is 37.6 Å². The SMILES string of the molecule is O=C(C[C@]1(c2ccc(Br)s2)CCN(C(=O)c2ccccc2)CCS1(=O)=O)NOC1CCCCO1. The molecule has 0 radical (unpaired) electrons. The van der Waals surface area contributed by atoms with Crippen LogP contribution in [0.5, 0.6) is 0 Å². The molecule has 2 fully saturated rings. The predicted octanol–water partition coefficient (Wildman–Crippen LogP) is 3.63. The third-order valence-corrected chi connectivity index (χ3v) is 10.7. The fourth-order valence-corrected chi connectivity index (χ4v) is 8.31. The van der Waals surface area contributed by atoms with Crippen LogP contribution in [-0.4, -0.2) is 56.9 Å². The molecule has 0 spiro atoms. The van der Waals surface area contributed by atoms with Crippen LogP contribution in [0.15, 0.2) is 46.3 Å². The van der Waals surface area contributed by atoms with Gasteiger partial charge in [0.05, 0.1) is 16.0 Å². The van der Waals surface area contributed by atoms with E-state index >= 15 is 0 Å². The second kappa shape index (κ2) is 10.9. The molecule has 34 heavy (non-hydrogen) atoms. The maximum atomic E-state index is 13.7. The third-order valence-electron chi connectivity index (χ3n) is 6.23. The van der Waals surface area contributed by atoms with Crippen LogP contribution in [-0.2, 0) is 29.0 Å². The normalized spacial score (nSPS) is 24.9. The maximum absolute atomic E-state index is 13.7. The Morgan fingerprint density at radius 3 is 2.65 bits per heavy atom. The molecule has 2 saturated heterocycles. The number of benzene rings is 1. The Bertz CT molecular complexity index is 1120. The molecule has 184 valence electrons. The van der Waals surface area contributed by atoms with Gasteiger partial charge in [-0.1, -0.05) is 18.2 Å². The van der Waals surface area contributed by atoms with Crippen molar-refractivity contribution < 1.29 is 27.6 Å². The molecular formula is C23H27BrN2O6S2. The van der Waals surface area contributed by atoms with Gasteiger partial charge in [0.15, 0.2) is 16.1 Å². The molecule has 1 N–H and O–H groups in total. The first kappa shape index (κ1) is 25.3. The average molecular weight is 572 g/mol. The summed E-state index contributed by atoms with van der Waals surface area (Å²) in [6.07, 6.45) is 1.82. The van der Waals surface area contributed by atoms with Crippen LogP contribution in [0.25, 0.3) is 0 Å². The molecule has 0 saturated carbocycles. The van der Waals surface area contributed by atoms with Crippen molar-refractivity contribution in [1.29, 1.82) is 0 Å².